The first-order valence-electron chi connectivity index (χ1n) is 6.45. The number of carbonyl (C=O) groups excluding carboxylic acids is 3. The van der Waals surface area contributed by atoms with Crippen LogP contribution in [0.2, 0.25) is 5.02 Å². The molecule has 0 aromatic heterocycles. The molecule has 2 rings (SSSR count). The molecule has 1 saturated heterocycles. The topological polar surface area (TPSA) is 123 Å². The summed E-state index contributed by atoms with van der Waals surface area (Å²) in [7, 11) is 0. The van der Waals surface area contributed by atoms with Gasteiger partial charge < -0.3 is 10.5 Å². The number of carbonyl (C=O) groups is 3. The van der Waals surface area contributed by atoms with Gasteiger partial charge in [0.2, 0.25) is 5.91 Å². The zero-order valence-electron chi connectivity index (χ0n) is 11.9. The number of rotatable bonds is 5. The number of amides is 2. The number of hydrazone groups is 1. The Morgan fingerprint density at radius 2 is 2.29 bits per heavy atom. The number of imide groups is 1. The summed E-state index contributed by atoms with van der Waals surface area (Å²) in [5.74, 6) is -1.04. The van der Waals surface area contributed by atoms with E-state index in [0.29, 0.717) is 5.56 Å². The molecule has 0 aliphatic carbocycles. The largest absolute Gasteiger partial charge is 0.425 e. The molecule has 126 valence electrons. The van der Waals surface area contributed by atoms with Crippen LogP contribution in [0.5, 0.6) is 5.75 Å². The lowest BCUT2D eigenvalue weighted by atomic mass is 10.2. The average molecular weight is 387 g/mol. The molecule has 4 N–H and O–H groups in total. The van der Waals surface area contributed by atoms with E-state index >= 15 is 0 Å². The summed E-state index contributed by atoms with van der Waals surface area (Å²) >= 11 is 11.4. The number of nitrogens with one attached hydrogen (secondary N) is 2. The van der Waals surface area contributed by atoms with Crippen molar-refractivity contribution in [2.24, 2.45) is 10.8 Å². The zero-order chi connectivity index (χ0) is 17.7. The first kappa shape index (κ1) is 18.2. The number of thioether (sulfide) groups is 1. The van der Waals surface area contributed by atoms with Crippen LogP contribution in [0.25, 0.3) is 0 Å². The summed E-state index contributed by atoms with van der Waals surface area (Å²) in [4.78, 5) is 34.3. The molecule has 1 unspecified atom stereocenters. The highest BCUT2D eigenvalue weighted by Crippen LogP contribution is 2.27. The van der Waals surface area contributed by atoms with Gasteiger partial charge in [-0.15, -0.1) is 0 Å². The Morgan fingerprint density at radius 3 is 2.88 bits per heavy atom. The predicted octanol–water partition coefficient (Wildman–Crippen LogP) is 1.15. The van der Waals surface area contributed by atoms with Crippen LogP contribution in [0, 0.1) is 0 Å². The quantitative estimate of drug-likeness (QED) is 0.226. The minimum Gasteiger partial charge on any atom is -0.425 e. The predicted molar refractivity (Wildman–Crippen MR) is 94.1 cm³/mol. The van der Waals surface area contributed by atoms with Crippen LogP contribution in [0.3, 0.4) is 0 Å². The van der Waals surface area contributed by atoms with Gasteiger partial charge in [-0.05, 0) is 36.0 Å². The Kier molecular flexibility index (Phi) is 6.12. The molecular weight excluding hydrogens is 376 g/mol. The summed E-state index contributed by atoms with van der Waals surface area (Å²) < 4.78 is 5.11. The fraction of sp³-hybridized carbons (Fsp3) is 0.154. The Balaban J connectivity index is 1.96. The van der Waals surface area contributed by atoms with Gasteiger partial charge in [-0.3, -0.25) is 25.1 Å². The summed E-state index contributed by atoms with van der Waals surface area (Å²) in [6, 6.07) is 4.62. The molecule has 0 saturated carbocycles. The Bertz CT molecular complexity index is 741. The van der Waals surface area contributed by atoms with Gasteiger partial charge in [-0.1, -0.05) is 23.4 Å². The number of nitrogens with two attached hydrogens (primary N) is 1. The van der Waals surface area contributed by atoms with Crippen LogP contribution in [0.4, 0.5) is 4.79 Å². The molecule has 1 aliphatic rings. The second kappa shape index (κ2) is 8.08. The van der Waals surface area contributed by atoms with Crippen molar-refractivity contribution in [1.82, 2.24) is 10.7 Å². The molecule has 11 heteroatoms. The summed E-state index contributed by atoms with van der Waals surface area (Å²) in [5.41, 5.74) is 8.24. The molecule has 1 aromatic carbocycles. The Morgan fingerprint density at radius 1 is 1.54 bits per heavy atom. The van der Waals surface area contributed by atoms with E-state index in [1.54, 1.807) is 6.07 Å². The average Bonchev–Trinajstić information content (AvgIpc) is 2.79. The SMILES string of the molecule is NC(=S)N/N=C/c1ccc(OC(=O)CC2SC(=O)NC2=O)c(Cl)c1. The molecule has 1 fully saturated rings. The van der Waals surface area contributed by atoms with Gasteiger partial charge in [0.25, 0.3) is 5.24 Å². The minimum atomic E-state index is -0.790. The number of hydrogen-bond acceptors (Lipinski definition) is 7. The third-order valence-electron chi connectivity index (χ3n) is 2.69. The maximum atomic E-state index is 11.9. The molecule has 1 aromatic rings. The second-order valence-corrected chi connectivity index (χ2v) is 6.51. The lowest BCUT2D eigenvalue weighted by molar-refractivity contribution is -0.135. The first-order chi connectivity index (χ1) is 11.3. The molecule has 2 amide bonds. The number of halogens is 1. The van der Waals surface area contributed by atoms with Crippen LogP contribution in [0.1, 0.15) is 12.0 Å². The van der Waals surface area contributed by atoms with Crippen molar-refractivity contribution in [3.05, 3.63) is 28.8 Å². The van der Waals surface area contributed by atoms with Gasteiger partial charge in [0.15, 0.2) is 5.11 Å². The third-order valence-corrected chi connectivity index (χ3v) is 4.06. The van der Waals surface area contributed by atoms with Crippen molar-refractivity contribution >= 4 is 64.0 Å². The summed E-state index contributed by atoms with van der Waals surface area (Å²) in [6.07, 6.45) is 1.20. The lowest BCUT2D eigenvalue weighted by Crippen LogP contribution is -2.27. The van der Waals surface area contributed by atoms with Gasteiger partial charge in [0.1, 0.15) is 11.0 Å². The molecular formula is C13H11ClN4O4S2. The summed E-state index contributed by atoms with van der Waals surface area (Å²) in [5, 5.41) is 4.80. The van der Waals surface area contributed by atoms with Crippen LogP contribution >= 0.6 is 35.6 Å². The molecule has 24 heavy (non-hydrogen) atoms. The van der Waals surface area contributed by atoms with E-state index in [9.17, 15) is 14.4 Å². The van der Waals surface area contributed by atoms with E-state index in [-0.39, 0.29) is 22.3 Å². The van der Waals surface area contributed by atoms with Crippen molar-refractivity contribution in [1.29, 1.82) is 0 Å². The van der Waals surface area contributed by atoms with E-state index in [1.165, 1.54) is 18.3 Å². The van der Waals surface area contributed by atoms with Crippen LogP contribution in [-0.4, -0.2) is 33.7 Å². The number of hydrogen-bond donors (Lipinski definition) is 3. The fourth-order valence-corrected chi connectivity index (χ4v) is 2.78. The fourth-order valence-electron chi connectivity index (χ4n) is 1.69. The minimum absolute atomic E-state index is 0.0233. The highest BCUT2D eigenvalue weighted by atomic mass is 35.5. The van der Waals surface area contributed by atoms with Crippen LogP contribution in [-0.2, 0) is 9.59 Å². The van der Waals surface area contributed by atoms with Crippen molar-refractivity contribution in [2.45, 2.75) is 11.7 Å². The Labute approximate surface area is 151 Å². The molecule has 1 aliphatic heterocycles. The Hall–Kier alpha value is -2.17. The molecule has 8 nitrogen and oxygen atoms in total. The molecule has 0 bridgehead atoms. The maximum Gasteiger partial charge on any atom is 0.312 e. The highest BCUT2D eigenvalue weighted by Gasteiger charge is 2.33. The van der Waals surface area contributed by atoms with Crippen molar-refractivity contribution in [2.75, 3.05) is 0 Å². The first-order valence-corrected chi connectivity index (χ1v) is 8.12. The monoisotopic (exact) mass is 386 g/mol. The van der Waals surface area contributed by atoms with E-state index < -0.39 is 22.4 Å². The normalized spacial score (nSPS) is 17.0. The van der Waals surface area contributed by atoms with E-state index in [2.05, 4.69) is 28.1 Å². The van der Waals surface area contributed by atoms with Gasteiger partial charge in [0, 0.05) is 0 Å². The smallest absolute Gasteiger partial charge is 0.312 e. The molecule has 0 spiro atoms. The number of nitrogens with zero attached hydrogens (tertiary/aromatic N) is 1. The molecule has 1 atom stereocenters. The lowest BCUT2D eigenvalue weighted by Gasteiger charge is -2.08. The highest BCUT2D eigenvalue weighted by molar-refractivity contribution is 8.15. The van der Waals surface area contributed by atoms with Gasteiger partial charge >= 0.3 is 5.97 Å². The van der Waals surface area contributed by atoms with Crippen molar-refractivity contribution in [3.63, 3.8) is 0 Å². The van der Waals surface area contributed by atoms with E-state index in [0.717, 1.165) is 11.8 Å². The number of ether oxygens (including phenoxy) is 1. The van der Waals surface area contributed by atoms with Crippen LogP contribution < -0.4 is 21.2 Å². The van der Waals surface area contributed by atoms with E-state index in [1.807, 2.05) is 0 Å². The standard InChI is InChI=1S/C13H11ClN4O4S2/c14-7-3-6(5-16-18-12(15)23)1-2-8(7)22-10(19)4-9-11(20)17-13(21)24-9/h1-3,5,9H,4H2,(H3,15,18,23)(H,17,20,21)/b16-5+. The number of benzene rings is 1. The van der Waals surface area contributed by atoms with Crippen LogP contribution in [0.15, 0.2) is 23.3 Å². The molecule has 0 radical (unpaired) electrons. The van der Waals surface area contributed by atoms with Gasteiger partial charge in [0.05, 0.1) is 17.7 Å². The van der Waals surface area contributed by atoms with Crippen molar-refractivity contribution in [3.8, 4) is 5.75 Å². The third kappa shape index (κ3) is 5.18. The van der Waals surface area contributed by atoms with Gasteiger partial charge in [-0.2, -0.15) is 5.10 Å². The maximum absolute atomic E-state index is 11.9. The van der Waals surface area contributed by atoms with Gasteiger partial charge in [-0.25, -0.2) is 0 Å². The summed E-state index contributed by atoms with van der Waals surface area (Å²) in [6.45, 7) is 0. The van der Waals surface area contributed by atoms with Crippen molar-refractivity contribution < 1.29 is 19.1 Å². The molecule has 1 heterocycles. The second-order valence-electron chi connectivity index (χ2n) is 4.49. The zero-order valence-corrected chi connectivity index (χ0v) is 14.3. The number of thiocarbonyl (C=S) groups is 1. The van der Waals surface area contributed by atoms with E-state index in [4.69, 9.17) is 22.1 Å². The number of esters is 1.